The Hall–Kier alpha value is -1.77. The summed E-state index contributed by atoms with van der Waals surface area (Å²) >= 11 is 0. The molecule has 0 amide bonds. The van der Waals surface area contributed by atoms with Crippen molar-refractivity contribution in [2.75, 3.05) is 0 Å². The Morgan fingerprint density at radius 3 is 2.12 bits per heavy atom. The van der Waals surface area contributed by atoms with E-state index in [2.05, 4.69) is 41.2 Å². The second kappa shape index (κ2) is 11.8. The van der Waals surface area contributed by atoms with E-state index in [4.69, 9.17) is 0 Å². The summed E-state index contributed by atoms with van der Waals surface area (Å²) in [7, 11) is 0. The molecule has 0 saturated heterocycles. The highest BCUT2D eigenvalue weighted by molar-refractivity contribution is 5.55. The molecule has 0 bridgehead atoms. The summed E-state index contributed by atoms with van der Waals surface area (Å²) in [6.07, 6.45) is 13.9. The molecular weight excluding hydrogens is 323 g/mol. The van der Waals surface area contributed by atoms with Gasteiger partial charge >= 0.3 is 0 Å². The number of unbranched alkanes of at least 4 members (excludes halogenated alkanes) is 4. The zero-order valence-electron chi connectivity index (χ0n) is 16.4. The van der Waals surface area contributed by atoms with E-state index in [1.54, 1.807) is 0 Å². The lowest BCUT2D eigenvalue weighted by Crippen LogP contribution is -1.98. The maximum Gasteiger partial charge on any atom is 0.159 e. The van der Waals surface area contributed by atoms with Crippen molar-refractivity contribution in [1.29, 1.82) is 0 Å². The first kappa shape index (κ1) is 20.5. The van der Waals surface area contributed by atoms with Crippen LogP contribution < -0.4 is 0 Å². The lowest BCUT2D eigenvalue weighted by Gasteiger charge is -2.06. The molecule has 1 aromatic heterocycles. The number of nitrogens with zero attached hydrogens (tertiary/aromatic N) is 2. The highest BCUT2D eigenvalue weighted by Crippen LogP contribution is 2.18. The molecule has 0 N–H and O–H groups in total. The van der Waals surface area contributed by atoms with Gasteiger partial charge in [-0.3, -0.25) is 0 Å². The van der Waals surface area contributed by atoms with Gasteiger partial charge in [-0.25, -0.2) is 14.4 Å². The number of aryl methyl sites for hydroxylation is 2. The SMILES string of the molecule is CCCCCCCc1cnc(-c2ccc(CCCC(F)CC)cc2)nc1. The third-order valence-corrected chi connectivity index (χ3v) is 4.91. The van der Waals surface area contributed by atoms with Crippen LogP contribution >= 0.6 is 0 Å². The Labute approximate surface area is 158 Å². The van der Waals surface area contributed by atoms with E-state index in [1.165, 1.54) is 43.2 Å². The van der Waals surface area contributed by atoms with Gasteiger partial charge in [-0.05, 0) is 49.7 Å². The summed E-state index contributed by atoms with van der Waals surface area (Å²) in [5.41, 5.74) is 3.51. The summed E-state index contributed by atoms with van der Waals surface area (Å²) in [6.45, 7) is 4.14. The third-order valence-electron chi connectivity index (χ3n) is 4.91. The molecule has 1 heterocycles. The second-order valence-corrected chi connectivity index (χ2v) is 7.17. The molecule has 3 heteroatoms. The number of benzene rings is 1. The van der Waals surface area contributed by atoms with Gasteiger partial charge in [-0.1, -0.05) is 63.8 Å². The van der Waals surface area contributed by atoms with Crippen LogP contribution in [0.25, 0.3) is 11.4 Å². The number of hydrogen-bond acceptors (Lipinski definition) is 2. The van der Waals surface area contributed by atoms with Gasteiger partial charge in [0.2, 0.25) is 0 Å². The number of hydrogen-bond donors (Lipinski definition) is 0. The molecule has 0 fully saturated rings. The van der Waals surface area contributed by atoms with Crippen molar-refractivity contribution in [2.45, 2.75) is 84.2 Å². The zero-order valence-corrected chi connectivity index (χ0v) is 16.4. The minimum atomic E-state index is -0.659. The van der Waals surface area contributed by atoms with Gasteiger partial charge in [0, 0.05) is 18.0 Å². The molecule has 0 saturated carbocycles. The lowest BCUT2D eigenvalue weighted by molar-refractivity contribution is 0.300. The Balaban J connectivity index is 1.81. The number of halogens is 1. The molecule has 0 aliphatic carbocycles. The minimum Gasteiger partial charge on any atom is -0.248 e. The minimum absolute atomic E-state index is 0.616. The fourth-order valence-electron chi connectivity index (χ4n) is 3.12. The highest BCUT2D eigenvalue weighted by atomic mass is 19.1. The maximum absolute atomic E-state index is 13.3. The van der Waals surface area contributed by atoms with Crippen molar-refractivity contribution >= 4 is 0 Å². The van der Waals surface area contributed by atoms with Crippen LogP contribution in [-0.2, 0) is 12.8 Å². The normalized spacial score (nSPS) is 12.3. The molecule has 142 valence electrons. The summed E-state index contributed by atoms with van der Waals surface area (Å²) < 4.78 is 13.3. The molecule has 2 rings (SSSR count). The van der Waals surface area contributed by atoms with E-state index < -0.39 is 6.17 Å². The number of alkyl halides is 1. The fourth-order valence-corrected chi connectivity index (χ4v) is 3.12. The van der Waals surface area contributed by atoms with Crippen LogP contribution in [0.4, 0.5) is 4.39 Å². The van der Waals surface area contributed by atoms with Gasteiger partial charge in [0.25, 0.3) is 0 Å². The number of rotatable bonds is 12. The summed E-state index contributed by atoms with van der Waals surface area (Å²) in [5, 5.41) is 0. The van der Waals surface area contributed by atoms with Gasteiger partial charge in [0.15, 0.2) is 5.82 Å². The van der Waals surface area contributed by atoms with Gasteiger partial charge in [-0.15, -0.1) is 0 Å². The van der Waals surface area contributed by atoms with Crippen molar-refractivity contribution < 1.29 is 4.39 Å². The van der Waals surface area contributed by atoms with E-state index in [0.717, 1.165) is 30.7 Å². The average molecular weight is 357 g/mol. The average Bonchev–Trinajstić information content (AvgIpc) is 2.69. The quantitative estimate of drug-likeness (QED) is 0.394. The molecular formula is C23H33FN2. The first-order chi connectivity index (χ1) is 12.7. The van der Waals surface area contributed by atoms with Crippen molar-refractivity contribution in [1.82, 2.24) is 9.97 Å². The molecule has 0 spiro atoms. The van der Waals surface area contributed by atoms with Gasteiger partial charge in [0.1, 0.15) is 0 Å². The predicted octanol–water partition coefficient (Wildman–Crippen LogP) is 6.73. The molecule has 0 aliphatic heterocycles. The van der Waals surface area contributed by atoms with Crippen LogP contribution in [0, 0.1) is 0 Å². The van der Waals surface area contributed by atoms with Crippen LogP contribution in [0.3, 0.4) is 0 Å². The van der Waals surface area contributed by atoms with E-state index in [0.29, 0.717) is 12.8 Å². The largest absolute Gasteiger partial charge is 0.248 e. The van der Waals surface area contributed by atoms with E-state index >= 15 is 0 Å². The third kappa shape index (κ3) is 7.23. The van der Waals surface area contributed by atoms with Crippen molar-refractivity contribution in [3.05, 3.63) is 47.8 Å². The van der Waals surface area contributed by atoms with E-state index in [9.17, 15) is 4.39 Å². The van der Waals surface area contributed by atoms with Crippen molar-refractivity contribution in [3.8, 4) is 11.4 Å². The van der Waals surface area contributed by atoms with Gasteiger partial charge < -0.3 is 0 Å². The Morgan fingerprint density at radius 1 is 0.808 bits per heavy atom. The van der Waals surface area contributed by atoms with E-state index in [1.807, 2.05) is 19.3 Å². The lowest BCUT2D eigenvalue weighted by atomic mass is 10.0. The standard InChI is InChI=1S/C23H33FN2/c1-3-5-6-7-8-10-20-17-25-23(26-18-20)21-15-13-19(14-16-21)11-9-12-22(24)4-2/h13-18,22H,3-12H2,1-2H3. The second-order valence-electron chi connectivity index (χ2n) is 7.17. The first-order valence-electron chi connectivity index (χ1n) is 10.3. The fraction of sp³-hybridized carbons (Fsp3) is 0.565. The van der Waals surface area contributed by atoms with Gasteiger partial charge in [0.05, 0.1) is 6.17 Å². The van der Waals surface area contributed by atoms with Crippen LogP contribution in [0.15, 0.2) is 36.7 Å². The molecule has 0 radical (unpaired) electrons. The van der Waals surface area contributed by atoms with E-state index in [-0.39, 0.29) is 0 Å². The highest BCUT2D eigenvalue weighted by Gasteiger charge is 2.05. The molecule has 26 heavy (non-hydrogen) atoms. The van der Waals surface area contributed by atoms with Crippen LogP contribution in [0.1, 0.15) is 76.3 Å². The molecule has 2 nitrogen and oxygen atoms in total. The van der Waals surface area contributed by atoms with Crippen LogP contribution in [0.2, 0.25) is 0 Å². The topological polar surface area (TPSA) is 25.8 Å². The Bertz CT molecular complexity index is 607. The van der Waals surface area contributed by atoms with Gasteiger partial charge in [-0.2, -0.15) is 0 Å². The molecule has 1 atom stereocenters. The molecule has 2 aromatic rings. The summed E-state index contributed by atoms with van der Waals surface area (Å²) in [6, 6.07) is 8.36. The maximum atomic E-state index is 13.3. The number of aromatic nitrogens is 2. The predicted molar refractivity (Wildman–Crippen MR) is 108 cm³/mol. The van der Waals surface area contributed by atoms with Crippen LogP contribution in [-0.4, -0.2) is 16.1 Å². The molecule has 0 aliphatic rings. The monoisotopic (exact) mass is 356 g/mol. The zero-order chi connectivity index (χ0) is 18.6. The van der Waals surface area contributed by atoms with Crippen molar-refractivity contribution in [3.63, 3.8) is 0 Å². The Kier molecular flexibility index (Phi) is 9.30. The Morgan fingerprint density at radius 2 is 1.46 bits per heavy atom. The molecule has 1 aromatic carbocycles. The molecule has 1 unspecified atom stereocenters. The van der Waals surface area contributed by atoms with Crippen molar-refractivity contribution in [2.24, 2.45) is 0 Å². The summed E-state index contributed by atoms with van der Waals surface area (Å²) in [4.78, 5) is 9.06. The first-order valence-corrected chi connectivity index (χ1v) is 10.3. The summed E-state index contributed by atoms with van der Waals surface area (Å²) in [5.74, 6) is 0.779. The smallest absolute Gasteiger partial charge is 0.159 e. The van der Waals surface area contributed by atoms with Crippen LogP contribution in [0.5, 0.6) is 0 Å².